The first-order valence-corrected chi connectivity index (χ1v) is 9.84. The van der Waals surface area contributed by atoms with E-state index in [1.807, 2.05) is 12.1 Å². The molecule has 2 heteroatoms. The number of methoxy groups -OCH3 is 1. The van der Waals surface area contributed by atoms with E-state index < -0.39 is 0 Å². The van der Waals surface area contributed by atoms with Crippen LogP contribution >= 0.6 is 0 Å². The Morgan fingerprint density at radius 1 is 0.862 bits per heavy atom. The molecular weight excluding hydrogens is 356 g/mol. The number of ether oxygens (including phenoxy) is 2. The van der Waals surface area contributed by atoms with Crippen LogP contribution in [0.15, 0.2) is 84.9 Å². The quantitative estimate of drug-likeness (QED) is 0.383. The van der Waals surface area contributed by atoms with Crippen LogP contribution in [-0.2, 0) is 0 Å². The molecule has 1 heterocycles. The summed E-state index contributed by atoms with van der Waals surface area (Å²) >= 11 is 0. The molecule has 0 aromatic heterocycles. The summed E-state index contributed by atoms with van der Waals surface area (Å²) in [5.74, 6) is 1.79. The molecule has 4 aromatic carbocycles. The maximum Gasteiger partial charge on any atom is 0.142 e. The highest BCUT2D eigenvalue weighted by atomic mass is 16.5. The van der Waals surface area contributed by atoms with E-state index in [0.29, 0.717) is 0 Å². The van der Waals surface area contributed by atoms with Crippen LogP contribution in [0.25, 0.3) is 28.0 Å². The number of aryl methyl sites for hydroxylation is 1. The topological polar surface area (TPSA) is 18.5 Å². The lowest BCUT2D eigenvalue weighted by molar-refractivity contribution is 0.255. The second-order valence-electron chi connectivity index (χ2n) is 7.42. The Bertz CT molecular complexity index is 1200. The molecule has 29 heavy (non-hydrogen) atoms. The highest BCUT2D eigenvalue weighted by Gasteiger charge is 2.22. The van der Waals surface area contributed by atoms with Gasteiger partial charge in [-0.15, -0.1) is 0 Å². The van der Waals surface area contributed by atoms with Gasteiger partial charge in [-0.2, -0.15) is 0 Å². The summed E-state index contributed by atoms with van der Waals surface area (Å²) in [6.45, 7) is 2.11. The van der Waals surface area contributed by atoms with E-state index in [4.69, 9.17) is 9.47 Å². The van der Waals surface area contributed by atoms with Gasteiger partial charge in [0.25, 0.3) is 0 Å². The van der Waals surface area contributed by atoms with Crippen molar-refractivity contribution in [1.29, 1.82) is 0 Å². The van der Waals surface area contributed by atoms with Crippen molar-refractivity contribution < 1.29 is 9.47 Å². The van der Waals surface area contributed by atoms with E-state index >= 15 is 0 Å². The predicted molar refractivity (Wildman–Crippen MR) is 120 cm³/mol. The lowest BCUT2D eigenvalue weighted by atomic mass is 9.91. The highest BCUT2D eigenvalue weighted by Crippen LogP contribution is 2.43. The minimum absolute atomic E-state index is 0.120. The molecule has 1 unspecified atom stereocenters. The molecule has 0 fully saturated rings. The van der Waals surface area contributed by atoms with E-state index in [9.17, 15) is 0 Å². The van der Waals surface area contributed by atoms with Crippen molar-refractivity contribution in [2.45, 2.75) is 13.0 Å². The predicted octanol–water partition coefficient (Wildman–Crippen LogP) is 6.97. The van der Waals surface area contributed by atoms with E-state index in [2.05, 4.69) is 85.8 Å². The van der Waals surface area contributed by atoms with Crippen molar-refractivity contribution in [3.63, 3.8) is 0 Å². The average Bonchev–Trinajstić information content (AvgIpc) is 2.79. The van der Waals surface area contributed by atoms with Crippen molar-refractivity contribution >= 4 is 16.8 Å². The normalized spacial score (nSPS) is 15.0. The van der Waals surface area contributed by atoms with Gasteiger partial charge in [-0.25, -0.2) is 0 Å². The van der Waals surface area contributed by atoms with Crippen LogP contribution in [0.4, 0.5) is 0 Å². The summed E-state index contributed by atoms with van der Waals surface area (Å²) in [5.41, 5.74) is 5.90. The molecule has 0 aliphatic carbocycles. The zero-order valence-corrected chi connectivity index (χ0v) is 16.6. The lowest BCUT2D eigenvalue weighted by Gasteiger charge is -2.25. The zero-order chi connectivity index (χ0) is 19.8. The second-order valence-corrected chi connectivity index (χ2v) is 7.42. The number of benzene rings is 4. The molecule has 4 aromatic rings. The number of hydrogen-bond donors (Lipinski definition) is 0. The molecule has 0 spiro atoms. The minimum atomic E-state index is -0.120. The third kappa shape index (κ3) is 3.17. The van der Waals surface area contributed by atoms with Gasteiger partial charge in [-0.3, -0.25) is 0 Å². The van der Waals surface area contributed by atoms with Gasteiger partial charge in [0.15, 0.2) is 0 Å². The molecule has 0 N–H and O–H groups in total. The zero-order valence-electron chi connectivity index (χ0n) is 16.6. The van der Waals surface area contributed by atoms with Crippen molar-refractivity contribution in [2.75, 3.05) is 7.11 Å². The molecule has 0 saturated carbocycles. The van der Waals surface area contributed by atoms with Crippen molar-refractivity contribution in [1.82, 2.24) is 0 Å². The summed E-state index contributed by atoms with van der Waals surface area (Å²) in [6, 6.07) is 27.4. The molecule has 5 rings (SSSR count). The monoisotopic (exact) mass is 378 g/mol. The van der Waals surface area contributed by atoms with Gasteiger partial charge >= 0.3 is 0 Å². The van der Waals surface area contributed by atoms with Gasteiger partial charge in [0.05, 0.1) is 7.11 Å². The van der Waals surface area contributed by atoms with Crippen LogP contribution in [0.3, 0.4) is 0 Å². The van der Waals surface area contributed by atoms with Crippen LogP contribution in [0.2, 0.25) is 0 Å². The molecule has 0 bridgehead atoms. The van der Waals surface area contributed by atoms with E-state index in [1.54, 1.807) is 7.11 Å². The summed E-state index contributed by atoms with van der Waals surface area (Å²) < 4.78 is 11.8. The van der Waals surface area contributed by atoms with Gasteiger partial charge in [0.1, 0.15) is 17.6 Å². The molecule has 0 saturated heterocycles. The summed E-state index contributed by atoms with van der Waals surface area (Å²) in [6.07, 6.45) is 4.22. The fourth-order valence-corrected chi connectivity index (χ4v) is 3.92. The van der Waals surface area contributed by atoms with Gasteiger partial charge in [-0.05, 0) is 53.3 Å². The molecular formula is C27H22O2. The van der Waals surface area contributed by atoms with E-state index in [0.717, 1.165) is 28.0 Å². The van der Waals surface area contributed by atoms with Crippen molar-refractivity contribution in [3.8, 4) is 22.6 Å². The molecule has 0 amide bonds. The Kier molecular flexibility index (Phi) is 4.33. The van der Waals surface area contributed by atoms with Crippen LogP contribution in [0.1, 0.15) is 22.8 Å². The first-order valence-electron chi connectivity index (χ1n) is 9.84. The SMILES string of the molecule is COc1ccc(C2C=Cc3c(-c4ccc(C)cc4)cc4ccccc4c3O2)cc1. The Hall–Kier alpha value is -3.52. The third-order valence-electron chi connectivity index (χ3n) is 5.53. The molecule has 2 nitrogen and oxygen atoms in total. The van der Waals surface area contributed by atoms with Crippen molar-refractivity contribution in [3.05, 3.63) is 102 Å². The van der Waals surface area contributed by atoms with Crippen LogP contribution in [0.5, 0.6) is 11.5 Å². The Labute approximate surface area is 171 Å². The minimum Gasteiger partial charge on any atom is -0.497 e. The highest BCUT2D eigenvalue weighted by molar-refractivity contribution is 5.98. The maximum atomic E-state index is 6.56. The molecule has 142 valence electrons. The van der Waals surface area contributed by atoms with Gasteiger partial charge in [-0.1, -0.05) is 72.3 Å². The smallest absolute Gasteiger partial charge is 0.142 e. The number of fused-ring (bicyclic) bond motifs is 3. The van der Waals surface area contributed by atoms with E-state index in [-0.39, 0.29) is 6.10 Å². The summed E-state index contributed by atoms with van der Waals surface area (Å²) in [7, 11) is 1.68. The number of rotatable bonds is 3. The molecule has 1 aliphatic heterocycles. The summed E-state index contributed by atoms with van der Waals surface area (Å²) in [4.78, 5) is 0. The van der Waals surface area contributed by atoms with Gasteiger partial charge in [0, 0.05) is 10.9 Å². The summed E-state index contributed by atoms with van der Waals surface area (Å²) in [5, 5.41) is 2.33. The first-order chi connectivity index (χ1) is 14.2. The largest absolute Gasteiger partial charge is 0.497 e. The maximum absolute atomic E-state index is 6.56. The van der Waals surface area contributed by atoms with Crippen molar-refractivity contribution in [2.24, 2.45) is 0 Å². The fourth-order valence-electron chi connectivity index (χ4n) is 3.92. The average molecular weight is 378 g/mol. The molecule has 1 aliphatic rings. The number of hydrogen-bond acceptors (Lipinski definition) is 2. The third-order valence-corrected chi connectivity index (χ3v) is 5.53. The van der Waals surface area contributed by atoms with E-state index in [1.165, 1.54) is 22.1 Å². The molecule has 0 radical (unpaired) electrons. The van der Waals surface area contributed by atoms with Crippen LogP contribution in [0, 0.1) is 6.92 Å². The van der Waals surface area contributed by atoms with Crippen LogP contribution in [-0.4, -0.2) is 7.11 Å². The van der Waals surface area contributed by atoms with Crippen LogP contribution < -0.4 is 9.47 Å². The standard InChI is InChI=1S/C27H22O2/c1-18-7-9-19(10-8-18)25-17-21-5-3-4-6-23(21)27-24(25)15-16-26(29-27)20-11-13-22(28-2)14-12-20/h3-17,26H,1-2H3. The molecule has 1 atom stereocenters. The Balaban J connectivity index is 1.65. The fraction of sp³-hybridized carbons (Fsp3) is 0.111. The Morgan fingerprint density at radius 2 is 1.62 bits per heavy atom. The van der Waals surface area contributed by atoms with Gasteiger partial charge in [0.2, 0.25) is 0 Å². The Morgan fingerprint density at radius 3 is 2.38 bits per heavy atom. The second kappa shape index (κ2) is 7.14. The first kappa shape index (κ1) is 17.6. The van der Waals surface area contributed by atoms with Gasteiger partial charge < -0.3 is 9.47 Å². The lowest BCUT2D eigenvalue weighted by Crippen LogP contribution is -2.10.